The molecule has 0 saturated carbocycles. The molecule has 0 spiro atoms. The molecular formula is C19H21N4O+. The van der Waals surface area contributed by atoms with Crippen LogP contribution in [0.15, 0.2) is 64.4 Å². The Hall–Kier alpha value is -2.95. The molecule has 24 heavy (non-hydrogen) atoms. The maximum Gasteiger partial charge on any atom is 0.297 e. The molecule has 0 radical (unpaired) electrons. The van der Waals surface area contributed by atoms with Crippen molar-refractivity contribution in [2.24, 2.45) is 12.0 Å². The van der Waals surface area contributed by atoms with Crippen molar-refractivity contribution in [3.8, 4) is 5.69 Å². The zero-order chi connectivity index (χ0) is 17.3. The molecule has 0 atom stereocenters. The second kappa shape index (κ2) is 6.28. The number of allylic oxidation sites excluding steroid dienone is 4. The molecule has 0 fully saturated rings. The van der Waals surface area contributed by atoms with Gasteiger partial charge in [0.2, 0.25) is 0 Å². The second-order valence-electron chi connectivity index (χ2n) is 5.93. The van der Waals surface area contributed by atoms with Crippen LogP contribution in [0.5, 0.6) is 0 Å². The van der Waals surface area contributed by atoms with Gasteiger partial charge in [-0.25, -0.2) is 14.2 Å². The average molecular weight is 321 g/mol. The van der Waals surface area contributed by atoms with Crippen molar-refractivity contribution in [1.29, 1.82) is 0 Å². The highest BCUT2D eigenvalue weighted by atomic mass is 16.1. The molecule has 1 aliphatic carbocycles. The van der Waals surface area contributed by atoms with Crippen molar-refractivity contribution < 1.29 is 4.58 Å². The van der Waals surface area contributed by atoms with Crippen molar-refractivity contribution in [1.82, 2.24) is 9.36 Å². The first-order valence-corrected chi connectivity index (χ1v) is 7.82. The lowest BCUT2D eigenvalue weighted by Gasteiger charge is -2.07. The second-order valence-corrected chi connectivity index (χ2v) is 5.93. The summed E-state index contributed by atoms with van der Waals surface area (Å²) in [4.78, 5) is 17.4. The lowest BCUT2D eigenvalue weighted by atomic mass is 10.1. The summed E-state index contributed by atoms with van der Waals surface area (Å²) in [6.07, 6.45) is 7.84. The first kappa shape index (κ1) is 15.9. The lowest BCUT2D eigenvalue weighted by Crippen LogP contribution is -2.19. The van der Waals surface area contributed by atoms with Crippen molar-refractivity contribution in [2.75, 3.05) is 14.1 Å². The molecule has 0 bridgehead atoms. The van der Waals surface area contributed by atoms with E-state index in [0.717, 1.165) is 22.8 Å². The van der Waals surface area contributed by atoms with E-state index in [9.17, 15) is 4.79 Å². The van der Waals surface area contributed by atoms with E-state index in [1.165, 1.54) is 0 Å². The van der Waals surface area contributed by atoms with Gasteiger partial charge in [0.15, 0.2) is 11.4 Å². The summed E-state index contributed by atoms with van der Waals surface area (Å²) in [6, 6.07) is 9.59. The minimum absolute atomic E-state index is 0.113. The van der Waals surface area contributed by atoms with Gasteiger partial charge in [-0.1, -0.05) is 18.2 Å². The monoisotopic (exact) mass is 321 g/mol. The van der Waals surface area contributed by atoms with Gasteiger partial charge in [0.25, 0.3) is 5.56 Å². The van der Waals surface area contributed by atoms with Gasteiger partial charge in [-0.15, -0.1) is 0 Å². The van der Waals surface area contributed by atoms with Crippen LogP contribution in [-0.4, -0.2) is 39.5 Å². The summed E-state index contributed by atoms with van der Waals surface area (Å²) >= 11 is 0. The minimum atomic E-state index is -0.113. The van der Waals surface area contributed by atoms with E-state index < -0.39 is 0 Å². The Morgan fingerprint density at radius 1 is 1.00 bits per heavy atom. The Balaban J connectivity index is 2.08. The number of nitrogens with zero attached hydrogens (tertiary/aromatic N) is 4. The number of aliphatic imine (C=N–C) groups is 1. The zero-order valence-corrected chi connectivity index (χ0v) is 14.4. The summed E-state index contributed by atoms with van der Waals surface area (Å²) in [7, 11) is 5.86. The average Bonchev–Trinajstić information content (AvgIpc) is 2.80. The molecule has 0 amide bonds. The smallest absolute Gasteiger partial charge is 0.283 e. The number of aromatic nitrogens is 2. The number of benzene rings is 1. The van der Waals surface area contributed by atoms with E-state index in [4.69, 9.17) is 0 Å². The molecule has 1 aromatic carbocycles. The maximum absolute atomic E-state index is 12.8. The number of hydrogen-bond acceptors (Lipinski definition) is 2. The Kier molecular flexibility index (Phi) is 4.16. The minimum Gasteiger partial charge on any atom is -0.283 e. The third-order valence-corrected chi connectivity index (χ3v) is 4.13. The van der Waals surface area contributed by atoms with Gasteiger partial charge < -0.3 is 0 Å². The predicted octanol–water partition coefficient (Wildman–Crippen LogP) is 2.40. The van der Waals surface area contributed by atoms with E-state index >= 15 is 0 Å². The van der Waals surface area contributed by atoms with Crippen LogP contribution in [0.2, 0.25) is 0 Å². The first-order valence-electron chi connectivity index (χ1n) is 7.82. The van der Waals surface area contributed by atoms with Crippen molar-refractivity contribution >= 4 is 17.1 Å². The highest BCUT2D eigenvalue weighted by Gasteiger charge is 2.16. The Bertz CT molecular complexity index is 931. The quantitative estimate of drug-likeness (QED) is 0.618. The van der Waals surface area contributed by atoms with Crippen LogP contribution >= 0.6 is 0 Å². The van der Waals surface area contributed by atoms with Crippen molar-refractivity contribution in [3.63, 3.8) is 0 Å². The summed E-state index contributed by atoms with van der Waals surface area (Å²) in [6.45, 7) is 1.91. The van der Waals surface area contributed by atoms with Gasteiger partial charge in [0.05, 0.1) is 17.1 Å². The Morgan fingerprint density at radius 3 is 2.21 bits per heavy atom. The SMILES string of the molecule is Cc1c(N=C2C=CC(=[N+](C)C)C=C2)c(=O)n(-c2ccccc2)n1C. The molecule has 0 N–H and O–H groups in total. The highest BCUT2D eigenvalue weighted by Crippen LogP contribution is 2.17. The fraction of sp³-hybridized carbons (Fsp3) is 0.211. The number of rotatable bonds is 2. The standard InChI is InChI=1S/C19H21N4O/c1-14-18(20-15-10-12-16(13-11-15)21(2)3)19(24)23(22(14)4)17-8-6-5-7-9-17/h5-13H,1-4H3/q+1. The fourth-order valence-corrected chi connectivity index (χ4v) is 2.64. The van der Waals surface area contributed by atoms with Crippen LogP contribution in [0, 0.1) is 6.92 Å². The summed E-state index contributed by atoms with van der Waals surface area (Å²) in [5.74, 6) is 0. The molecule has 1 aromatic heterocycles. The Morgan fingerprint density at radius 2 is 1.62 bits per heavy atom. The number of hydrogen-bond donors (Lipinski definition) is 0. The van der Waals surface area contributed by atoms with Crippen molar-refractivity contribution in [3.05, 3.63) is 70.7 Å². The molecular weight excluding hydrogens is 300 g/mol. The van der Waals surface area contributed by atoms with E-state index in [1.54, 1.807) is 4.68 Å². The highest BCUT2D eigenvalue weighted by molar-refractivity contribution is 6.17. The first-order chi connectivity index (χ1) is 11.5. The van der Waals surface area contributed by atoms with E-state index in [1.807, 2.05) is 92.0 Å². The summed E-state index contributed by atoms with van der Waals surface area (Å²) in [5.41, 5.74) is 3.89. The van der Waals surface area contributed by atoms with Crippen LogP contribution in [0.1, 0.15) is 5.69 Å². The molecule has 0 saturated heterocycles. The molecule has 1 heterocycles. The Labute approximate surface area is 141 Å². The van der Waals surface area contributed by atoms with Gasteiger partial charge in [-0.3, -0.25) is 9.48 Å². The normalized spacial score (nSPS) is 13.5. The van der Waals surface area contributed by atoms with Gasteiger partial charge in [-0.05, 0) is 31.2 Å². The molecule has 5 heteroatoms. The van der Waals surface area contributed by atoms with E-state index in [0.29, 0.717) is 5.69 Å². The molecule has 0 aliphatic heterocycles. The summed E-state index contributed by atoms with van der Waals surface area (Å²) in [5, 5.41) is 0. The van der Waals surface area contributed by atoms with Crippen LogP contribution in [0.4, 0.5) is 5.69 Å². The van der Waals surface area contributed by atoms with Crippen molar-refractivity contribution in [2.45, 2.75) is 6.92 Å². The topological polar surface area (TPSA) is 42.3 Å². The van der Waals surface area contributed by atoms with E-state index in [2.05, 4.69) is 4.99 Å². The summed E-state index contributed by atoms with van der Waals surface area (Å²) < 4.78 is 5.51. The third kappa shape index (κ3) is 2.80. The third-order valence-electron chi connectivity index (χ3n) is 4.13. The molecule has 122 valence electrons. The molecule has 0 unspecified atom stereocenters. The molecule has 1 aliphatic rings. The molecule has 2 aromatic rings. The molecule has 5 nitrogen and oxygen atoms in total. The fourth-order valence-electron chi connectivity index (χ4n) is 2.64. The van der Waals surface area contributed by atoms with Crippen LogP contribution in [0.25, 0.3) is 5.69 Å². The predicted molar refractivity (Wildman–Crippen MR) is 98.2 cm³/mol. The van der Waals surface area contributed by atoms with E-state index in [-0.39, 0.29) is 5.56 Å². The van der Waals surface area contributed by atoms with Crippen LogP contribution < -0.4 is 5.56 Å². The molecule has 3 rings (SSSR count). The maximum atomic E-state index is 12.8. The van der Waals surface area contributed by atoms with Crippen LogP contribution in [0.3, 0.4) is 0 Å². The lowest BCUT2D eigenvalue weighted by molar-refractivity contribution is -0.462. The van der Waals surface area contributed by atoms with Gasteiger partial charge in [0, 0.05) is 19.2 Å². The van der Waals surface area contributed by atoms with Gasteiger partial charge in [0.1, 0.15) is 14.1 Å². The van der Waals surface area contributed by atoms with Crippen LogP contribution in [-0.2, 0) is 7.05 Å². The van der Waals surface area contributed by atoms with Gasteiger partial charge >= 0.3 is 0 Å². The largest absolute Gasteiger partial charge is 0.297 e. The zero-order valence-electron chi connectivity index (χ0n) is 14.4. The number of para-hydroxylation sites is 1. The van der Waals surface area contributed by atoms with Gasteiger partial charge in [-0.2, -0.15) is 0 Å².